The zero-order valence-corrected chi connectivity index (χ0v) is 34.6. The van der Waals surface area contributed by atoms with E-state index in [1.54, 1.807) is 61.6 Å². The zero-order chi connectivity index (χ0) is 42.1. The fourth-order valence-corrected chi connectivity index (χ4v) is 10.1. The summed E-state index contributed by atoms with van der Waals surface area (Å²) in [4.78, 5) is 79.0. The molecule has 4 N–H and O–H groups in total. The van der Waals surface area contributed by atoms with Gasteiger partial charge < -0.3 is 25.5 Å². The van der Waals surface area contributed by atoms with Crippen LogP contribution in [0.5, 0.6) is 0 Å². The third-order valence-corrected chi connectivity index (χ3v) is 13.3. The van der Waals surface area contributed by atoms with Gasteiger partial charge in [0, 0.05) is 68.5 Å². The molecule has 0 spiro atoms. The number of imide groups is 2. The maximum atomic E-state index is 13.4. The average Bonchev–Trinajstić information content (AvgIpc) is 3.77. The number of amides is 5. The summed E-state index contributed by atoms with van der Waals surface area (Å²) in [7, 11) is 0. The topological polar surface area (TPSA) is 201 Å². The van der Waals surface area contributed by atoms with E-state index < -0.39 is 41.2 Å². The molecule has 3 fully saturated rings. The van der Waals surface area contributed by atoms with E-state index >= 15 is 0 Å². The van der Waals surface area contributed by atoms with Crippen molar-refractivity contribution in [1.82, 2.24) is 30.0 Å². The fraction of sp³-hybridized carbons (Fsp3) is 0.455. The number of anilines is 2. The number of hydrogen-bond acceptors (Lipinski definition) is 13. The van der Waals surface area contributed by atoms with Crippen LogP contribution in [0.4, 0.5) is 11.4 Å². The SMILES string of the molecule is CC(C)(O)c1cc2nc(C3CCC(CN4CCN(CCCNc5cccc6c5C(=O)N(C5CCC(=O)NC5=O)C6=O)CC4)CC3)sc2cc1NC(=O)c1cccc(C#N)n1. The molecule has 312 valence electrons. The minimum Gasteiger partial charge on any atom is -0.386 e. The maximum absolute atomic E-state index is 13.4. The van der Waals surface area contributed by atoms with E-state index in [9.17, 15) is 34.3 Å². The van der Waals surface area contributed by atoms with Crippen molar-refractivity contribution in [1.29, 1.82) is 5.26 Å². The van der Waals surface area contributed by atoms with Gasteiger partial charge >= 0.3 is 0 Å². The summed E-state index contributed by atoms with van der Waals surface area (Å²) in [5, 5.41) is 29.8. The van der Waals surface area contributed by atoms with Crippen LogP contribution in [0.2, 0.25) is 0 Å². The quantitative estimate of drug-likeness (QED) is 0.112. The fourth-order valence-electron chi connectivity index (χ4n) is 8.93. The Balaban J connectivity index is 0.787. The molecule has 1 atom stereocenters. The average molecular weight is 832 g/mol. The number of fused-ring (bicyclic) bond motifs is 2. The maximum Gasteiger partial charge on any atom is 0.274 e. The van der Waals surface area contributed by atoms with E-state index in [-0.39, 0.29) is 35.4 Å². The second-order valence-corrected chi connectivity index (χ2v) is 17.8. The molecule has 60 heavy (non-hydrogen) atoms. The van der Waals surface area contributed by atoms with Gasteiger partial charge in [0.15, 0.2) is 0 Å². The highest BCUT2D eigenvalue weighted by Gasteiger charge is 2.45. The summed E-state index contributed by atoms with van der Waals surface area (Å²) < 4.78 is 0.941. The molecule has 5 amide bonds. The standard InChI is InChI=1S/C44H49N9O6S/c1-44(2,59)30-22-34-36(23-33(30)48-39(55)32-9-3-6-28(24-45)47-32)60-41(49-34)27-12-10-26(11-13-27)25-52-20-18-51(19-21-52)17-5-16-46-31-8-4-7-29-38(31)43(58)53(42(29)57)35-14-15-37(54)50-40(35)56/h3-4,6-9,22-23,26-27,35,46,59H,5,10-21,25H2,1-2H3,(H,48,55)(H,50,54,56). The lowest BCUT2D eigenvalue weighted by molar-refractivity contribution is -0.136. The van der Waals surface area contributed by atoms with Crippen LogP contribution in [0.3, 0.4) is 0 Å². The van der Waals surface area contributed by atoms with Gasteiger partial charge in [-0.3, -0.25) is 34.2 Å². The van der Waals surface area contributed by atoms with Crippen LogP contribution in [0.25, 0.3) is 10.2 Å². The summed E-state index contributed by atoms with van der Waals surface area (Å²) in [5.41, 5.74) is 2.05. The molecular weight excluding hydrogens is 783 g/mol. The first-order valence-electron chi connectivity index (χ1n) is 20.7. The Morgan fingerprint density at radius 2 is 1.70 bits per heavy atom. The molecule has 4 aromatic rings. The number of pyridine rings is 1. The highest BCUT2D eigenvalue weighted by Crippen LogP contribution is 2.42. The van der Waals surface area contributed by atoms with E-state index in [0.717, 1.165) is 91.5 Å². The van der Waals surface area contributed by atoms with E-state index in [4.69, 9.17) is 4.98 Å². The first-order chi connectivity index (χ1) is 28.9. The number of nitrogens with zero attached hydrogens (tertiary/aromatic N) is 6. The Kier molecular flexibility index (Phi) is 11.8. The Labute approximate surface area is 352 Å². The van der Waals surface area contributed by atoms with Crippen molar-refractivity contribution in [3.8, 4) is 6.07 Å². The highest BCUT2D eigenvalue weighted by atomic mass is 32.1. The van der Waals surface area contributed by atoms with Gasteiger partial charge in [0.2, 0.25) is 11.8 Å². The Morgan fingerprint density at radius 1 is 0.950 bits per heavy atom. The van der Waals surface area contributed by atoms with Crippen LogP contribution in [-0.2, 0) is 15.2 Å². The minimum absolute atomic E-state index is 0.0830. The molecule has 15 nitrogen and oxygen atoms in total. The molecule has 8 rings (SSSR count). The number of thiazole rings is 1. The molecule has 1 unspecified atom stereocenters. The predicted molar refractivity (Wildman–Crippen MR) is 226 cm³/mol. The van der Waals surface area contributed by atoms with Gasteiger partial charge in [0.1, 0.15) is 23.5 Å². The largest absolute Gasteiger partial charge is 0.386 e. The van der Waals surface area contributed by atoms with Crippen LogP contribution in [-0.4, -0.2) is 111 Å². The van der Waals surface area contributed by atoms with E-state index in [2.05, 4.69) is 30.7 Å². The lowest BCUT2D eigenvalue weighted by atomic mass is 9.82. The van der Waals surface area contributed by atoms with E-state index in [0.29, 0.717) is 35.3 Å². The number of benzene rings is 2. The number of carbonyl (C=O) groups excluding carboxylic acids is 5. The highest BCUT2D eigenvalue weighted by molar-refractivity contribution is 7.18. The molecule has 1 saturated carbocycles. The normalized spacial score (nSPS) is 21.5. The Morgan fingerprint density at radius 3 is 2.43 bits per heavy atom. The molecule has 2 aromatic heterocycles. The van der Waals surface area contributed by atoms with Crippen LogP contribution in [0.15, 0.2) is 48.5 Å². The van der Waals surface area contributed by atoms with Crippen LogP contribution >= 0.6 is 11.3 Å². The number of nitrogens with one attached hydrogen (secondary N) is 3. The van der Waals surface area contributed by atoms with Gasteiger partial charge in [-0.2, -0.15) is 5.26 Å². The van der Waals surface area contributed by atoms with Crippen molar-refractivity contribution in [3.05, 3.63) is 81.6 Å². The van der Waals surface area contributed by atoms with Crippen molar-refractivity contribution in [2.24, 2.45) is 5.92 Å². The second kappa shape index (κ2) is 17.2. The molecule has 0 bridgehead atoms. The van der Waals surface area contributed by atoms with Crippen LogP contribution < -0.4 is 16.0 Å². The second-order valence-electron chi connectivity index (χ2n) is 16.8. The van der Waals surface area contributed by atoms with Gasteiger partial charge in [-0.15, -0.1) is 11.3 Å². The summed E-state index contributed by atoms with van der Waals surface area (Å²) in [6.07, 6.45) is 5.49. The Bertz CT molecular complexity index is 2390. The lowest BCUT2D eigenvalue weighted by Crippen LogP contribution is -2.54. The molecule has 1 aliphatic carbocycles. The van der Waals surface area contributed by atoms with Gasteiger partial charge in [-0.25, -0.2) is 9.97 Å². The minimum atomic E-state index is -1.23. The van der Waals surface area contributed by atoms with E-state index in [1.807, 2.05) is 18.2 Å². The number of rotatable bonds is 12. The van der Waals surface area contributed by atoms with Crippen molar-refractivity contribution in [3.63, 3.8) is 0 Å². The summed E-state index contributed by atoms with van der Waals surface area (Å²) in [5.74, 6) is -1.48. The molecule has 4 aliphatic rings. The number of carbonyl (C=O) groups is 5. The molecule has 2 aromatic carbocycles. The molecule has 5 heterocycles. The number of nitriles is 1. The molecule has 2 saturated heterocycles. The van der Waals surface area contributed by atoms with Gasteiger partial charge in [-0.1, -0.05) is 12.1 Å². The Hall–Kier alpha value is -5.60. The number of piperazine rings is 1. The van der Waals surface area contributed by atoms with E-state index in [1.165, 1.54) is 0 Å². The first kappa shape index (κ1) is 41.1. The summed E-state index contributed by atoms with van der Waals surface area (Å²) >= 11 is 1.64. The summed E-state index contributed by atoms with van der Waals surface area (Å²) in [6.45, 7) is 10.0. The predicted octanol–water partition coefficient (Wildman–Crippen LogP) is 4.84. The van der Waals surface area contributed by atoms with Crippen molar-refractivity contribution in [2.45, 2.75) is 76.4 Å². The van der Waals surface area contributed by atoms with Crippen molar-refractivity contribution < 1.29 is 29.1 Å². The van der Waals surface area contributed by atoms with Crippen LogP contribution in [0.1, 0.15) is 112 Å². The number of hydrogen-bond donors (Lipinski definition) is 4. The number of aliphatic hydroxyl groups is 1. The lowest BCUT2D eigenvalue weighted by Gasteiger charge is -2.38. The third kappa shape index (κ3) is 8.66. The van der Waals surface area contributed by atoms with Crippen LogP contribution in [0, 0.1) is 17.2 Å². The first-order valence-corrected chi connectivity index (χ1v) is 21.6. The van der Waals surface area contributed by atoms with Gasteiger partial charge in [0.25, 0.3) is 17.7 Å². The molecular formula is C44H49N9O6S. The van der Waals surface area contributed by atoms with Gasteiger partial charge in [-0.05, 0) is 101 Å². The van der Waals surface area contributed by atoms with Gasteiger partial charge in [0.05, 0.1) is 32.0 Å². The van der Waals surface area contributed by atoms with Crippen molar-refractivity contribution in [2.75, 3.05) is 56.4 Å². The summed E-state index contributed by atoms with van der Waals surface area (Å²) in [6, 6.07) is 14.6. The smallest absolute Gasteiger partial charge is 0.274 e. The molecule has 0 radical (unpaired) electrons. The molecule has 16 heteroatoms. The third-order valence-electron chi connectivity index (χ3n) is 12.2. The number of aromatic nitrogens is 2. The molecule has 3 aliphatic heterocycles. The number of piperidine rings is 1. The van der Waals surface area contributed by atoms with Crippen molar-refractivity contribution >= 4 is 62.5 Å². The monoisotopic (exact) mass is 831 g/mol. The zero-order valence-electron chi connectivity index (χ0n) is 33.8.